The minimum Gasteiger partial charge on any atom is -0.325 e. The number of hydrogen-bond donors (Lipinski definition) is 1. The van der Waals surface area contributed by atoms with Crippen molar-refractivity contribution >= 4 is 23.2 Å². The maximum Gasteiger partial charge on any atom is 0.228 e. The molecular weight excluding hydrogens is 302 g/mol. The van der Waals surface area contributed by atoms with Crippen molar-refractivity contribution in [3.8, 4) is 6.07 Å². The molecule has 5 heteroatoms. The lowest BCUT2D eigenvalue weighted by molar-refractivity contribution is -0.118. The first-order valence-corrected chi connectivity index (χ1v) is 7.76. The van der Waals surface area contributed by atoms with E-state index in [-0.39, 0.29) is 18.2 Å². The highest BCUT2D eigenvalue weighted by Gasteiger charge is 2.21. The number of hydrogen-bond acceptors (Lipinski definition) is 3. The molecule has 1 aliphatic rings. The molecule has 0 fully saturated rings. The zero-order valence-electron chi connectivity index (χ0n) is 13.4. The maximum absolute atomic E-state index is 12.2. The molecule has 0 saturated carbocycles. The lowest BCUT2D eigenvalue weighted by Gasteiger charge is -2.26. The van der Waals surface area contributed by atoms with Gasteiger partial charge in [0.05, 0.1) is 17.7 Å². The molecular formula is C19H17N3O2. The summed E-state index contributed by atoms with van der Waals surface area (Å²) in [5.41, 5.74) is 3.85. The fourth-order valence-electron chi connectivity index (χ4n) is 2.89. The Kier molecular flexibility index (Phi) is 4.30. The van der Waals surface area contributed by atoms with E-state index in [9.17, 15) is 9.59 Å². The number of fused-ring (bicyclic) bond motifs is 1. The van der Waals surface area contributed by atoms with Crippen LogP contribution >= 0.6 is 0 Å². The zero-order valence-corrected chi connectivity index (χ0v) is 13.4. The standard InChI is InChI=1S/C19H17N3O2/c1-22-17-8-6-13(10-14(17)7-9-19(22)24)11-18(23)21-16-5-3-2-4-15(16)12-20/h2-6,8,10H,7,9,11H2,1H3,(H,21,23). The van der Waals surface area contributed by atoms with E-state index >= 15 is 0 Å². The number of amides is 2. The molecule has 0 saturated heterocycles. The maximum atomic E-state index is 12.2. The summed E-state index contributed by atoms with van der Waals surface area (Å²) in [6, 6.07) is 14.7. The van der Waals surface area contributed by atoms with Gasteiger partial charge in [0, 0.05) is 19.2 Å². The molecule has 24 heavy (non-hydrogen) atoms. The van der Waals surface area contributed by atoms with Gasteiger partial charge in [-0.2, -0.15) is 5.26 Å². The number of benzene rings is 2. The van der Waals surface area contributed by atoms with Gasteiger partial charge < -0.3 is 10.2 Å². The summed E-state index contributed by atoms with van der Waals surface area (Å²) in [6.07, 6.45) is 1.42. The van der Waals surface area contributed by atoms with Crippen LogP contribution in [-0.2, 0) is 22.4 Å². The molecule has 0 spiro atoms. The highest BCUT2D eigenvalue weighted by atomic mass is 16.2. The number of anilines is 2. The number of para-hydroxylation sites is 1. The fourth-order valence-corrected chi connectivity index (χ4v) is 2.89. The first-order chi connectivity index (χ1) is 11.6. The third kappa shape index (κ3) is 3.13. The van der Waals surface area contributed by atoms with Crippen LogP contribution in [0.4, 0.5) is 11.4 Å². The van der Waals surface area contributed by atoms with Gasteiger partial charge in [0.2, 0.25) is 11.8 Å². The molecule has 1 N–H and O–H groups in total. The first kappa shape index (κ1) is 15.8. The number of rotatable bonds is 3. The van der Waals surface area contributed by atoms with Gasteiger partial charge in [-0.1, -0.05) is 24.3 Å². The Morgan fingerprint density at radius 2 is 2.04 bits per heavy atom. The minimum absolute atomic E-state index is 0.112. The summed E-state index contributed by atoms with van der Waals surface area (Å²) in [5.74, 6) is -0.0565. The number of nitriles is 1. The van der Waals surface area contributed by atoms with Crippen LogP contribution in [0.5, 0.6) is 0 Å². The second-order valence-electron chi connectivity index (χ2n) is 5.80. The van der Waals surface area contributed by atoms with E-state index in [0.29, 0.717) is 24.1 Å². The van der Waals surface area contributed by atoms with Crippen molar-refractivity contribution in [1.29, 1.82) is 5.26 Å². The van der Waals surface area contributed by atoms with Crippen molar-refractivity contribution in [3.05, 3.63) is 59.2 Å². The van der Waals surface area contributed by atoms with Gasteiger partial charge in [0.25, 0.3) is 0 Å². The molecule has 0 aromatic heterocycles. The van der Waals surface area contributed by atoms with Crippen LogP contribution in [0.25, 0.3) is 0 Å². The zero-order chi connectivity index (χ0) is 17.1. The normalized spacial score (nSPS) is 13.2. The van der Waals surface area contributed by atoms with Crippen molar-refractivity contribution in [2.75, 3.05) is 17.3 Å². The lowest BCUT2D eigenvalue weighted by atomic mass is 9.98. The molecule has 0 atom stereocenters. The molecule has 0 bridgehead atoms. The topological polar surface area (TPSA) is 73.2 Å². The van der Waals surface area contributed by atoms with Crippen molar-refractivity contribution in [1.82, 2.24) is 0 Å². The van der Waals surface area contributed by atoms with Crippen molar-refractivity contribution in [2.45, 2.75) is 19.3 Å². The molecule has 2 aromatic rings. The van der Waals surface area contributed by atoms with Gasteiger partial charge >= 0.3 is 0 Å². The van der Waals surface area contributed by atoms with Crippen LogP contribution in [0.2, 0.25) is 0 Å². The molecule has 120 valence electrons. The predicted molar refractivity (Wildman–Crippen MR) is 91.7 cm³/mol. The van der Waals surface area contributed by atoms with Gasteiger partial charge in [0.1, 0.15) is 6.07 Å². The van der Waals surface area contributed by atoms with E-state index in [1.54, 1.807) is 36.2 Å². The van der Waals surface area contributed by atoms with Gasteiger partial charge in [-0.3, -0.25) is 9.59 Å². The second kappa shape index (κ2) is 6.55. The van der Waals surface area contributed by atoms with Crippen LogP contribution in [0.3, 0.4) is 0 Å². The SMILES string of the molecule is CN1C(=O)CCc2cc(CC(=O)Nc3ccccc3C#N)ccc21. The Bertz CT molecular complexity index is 852. The van der Waals surface area contributed by atoms with Crippen LogP contribution in [0.1, 0.15) is 23.1 Å². The van der Waals surface area contributed by atoms with E-state index in [1.807, 2.05) is 18.2 Å². The quantitative estimate of drug-likeness (QED) is 0.945. The molecule has 0 unspecified atom stereocenters. The first-order valence-electron chi connectivity index (χ1n) is 7.76. The van der Waals surface area contributed by atoms with Crippen LogP contribution < -0.4 is 10.2 Å². The van der Waals surface area contributed by atoms with Crippen LogP contribution in [-0.4, -0.2) is 18.9 Å². The molecule has 1 aliphatic heterocycles. The number of carbonyl (C=O) groups excluding carboxylic acids is 2. The van der Waals surface area contributed by atoms with Crippen molar-refractivity contribution in [2.24, 2.45) is 0 Å². The van der Waals surface area contributed by atoms with E-state index < -0.39 is 0 Å². The largest absolute Gasteiger partial charge is 0.325 e. The smallest absolute Gasteiger partial charge is 0.228 e. The summed E-state index contributed by atoms with van der Waals surface area (Å²) >= 11 is 0. The van der Waals surface area contributed by atoms with E-state index in [4.69, 9.17) is 5.26 Å². The summed E-state index contributed by atoms with van der Waals surface area (Å²) in [4.78, 5) is 25.6. The number of nitrogens with zero attached hydrogens (tertiary/aromatic N) is 2. The number of aryl methyl sites for hydroxylation is 1. The minimum atomic E-state index is -0.169. The van der Waals surface area contributed by atoms with Gasteiger partial charge in [-0.15, -0.1) is 0 Å². The molecule has 1 heterocycles. The van der Waals surface area contributed by atoms with Gasteiger partial charge in [-0.05, 0) is 35.7 Å². The van der Waals surface area contributed by atoms with Crippen LogP contribution in [0.15, 0.2) is 42.5 Å². The average molecular weight is 319 g/mol. The summed E-state index contributed by atoms with van der Waals surface area (Å²) in [5, 5.41) is 11.8. The highest BCUT2D eigenvalue weighted by Crippen LogP contribution is 2.27. The monoisotopic (exact) mass is 319 g/mol. The molecule has 2 amide bonds. The van der Waals surface area contributed by atoms with E-state index in [2.05, 4.69) is 11.4 Å². The Labute approximate surface area is 140 Å². The fraction of sp³-hybridized carbons (Fsp3) is 0.211. The summed E-state index contributed by atoms with van der Waals surface area (Å²) in [7, 11) is 1.77. The Balaban J connectivity index is 1.74. The summed E-state index contributed by atoms with van der Waals surface area (Å²) < 4.78 is 0. The number of carbonyl (C=O) groups is 2. The van der Waals surface area contributed by atoms with E-state index in [1.165, 1.54) is 0 Å². The lowest BCUT2D eigenvalue weighted by Crippen LogP contribution is -2.31. The molecule has 2 aromatic carbocycles. The van der Waals surface area contributed by atoms with Crippen molar-refractivity contribution in [3.63, 3.8) is 0 Å². The Hall–Kier alpha value is -3.13. The Morgan fingerprint density at radius 1 is 1.25 bits per heavy atom. The average Bonchev–Trinajstić information content (AvgIpc) is 2.58. The third-order valence-corrected chi connectivity index (χ3v) is 4.17. The van der Waals surface area contributed by atoms with Gasteiger partial charge in [0.15, 0.2) is 0 Å². The van der Waals surface area contributed by atoms with Gasteiger partial charge in [-0.25, -0.2) is 0 Å². The molecule has 0 radical (unpaired) electrons. The third-order valence-electron chi connectivity index (χ3n) is 4.17. The molecule has 0 aliphatic carbocycles. The molecule has 3 rings (SSSR count). The summed E-state index contributed by atoms with van der Waals surface area (Å²) in [6.45, 7) is 0. The number of nitrogens with one attached hydrogen (secondary N) is 1. The molecule has 5 nitrogen and oxygen atoms in total. The second-order valence-corrected chi connectivity index (χ2v) is 5.80. The Morgan fingerprint density at radius 3 is 2.83 bits per heavy atom. The highest BCUT2D eigenvalue weighted by molar-refractivity contribution is 5.96. The van der Waals surface area contributed by atoms with Crippen LogP contribution in [0, 0.1) is 11.3 Å². The van der Waals surface area contributed by atoms with Crippen molar-refractivity contribution < 1.29 is 9.59 Å². The predicted octanol–water partition coefficient (Wildman–Crippen LogP) is 2.65. The van der Waals surface area contributed by atoms with E-state index in [0.717, 1.165) is 16.8 Å².